The molecule has 94 valence electrons. The van der Waals surface area contributed by atoms with Crippen molar-refractivity contribution in [3.8, 4) is 0 Å². The van der Waals surface area contributed by atoms with E-state index < -0.39 is 0 Å². The fourth-order valence-electron chi connectivity index (χ4n) is 0.662. The van der Waals surface area contributed by atoms with Gasteiger partial charge in [-0.05, 0) is 13.8 Å². The monoisotopic (exact) mass is 236 g/mol. The Labute approximate surface area is 97.6 Å². The Morgan fingerprint density at radius 2 is 1.80 bits per heavy atom. The van der Waals surface area contributed by atoms with E-state index >= 15 is 0 Å². The third-order valence-corrected chi connectivity index (χ3v) is 2.62. The molecule has 0 rings (SSSR count). The lowest BCUT2D eigenvalue weighted by molar-refractivity contribution is -0.137. The zero-order valence-electron chi connectivity index (χ0n) is 11.0. The molecule has 0 spiro atoms. The second-order valence-electron chi connectivity index (χ2n) is 3.10. The lowest BCUT2D eigenvalue weighted by Crippen LogP contribution is -2.29. The summed E-state index contributed by atoms with van der Waals surface area (Å²) in [6.07, 6.45) is 1.38. The van der Waals surface area contributed by atoms with Gasteiger partial charge in [-0.25, -0.2) is 5.48 Å². The molecule has 15 heavy (non-hydrogen) atoms. The average Bonchev–Trinajstić information content (AvgIpc) is 2.25. The predicted molar refractivity (Wildman–Crippen MR) is 68.9 cm³/mol. The zero-order chi connectivity index (χ0) is 11.9. The molecule has 0 unspecified atom stereocenters. The molecule has 0 aliphatic heterocycles. The fourth-order valence-corrected chi connectivity index (χ4v) is 0.662. The first-order chi connectivity index (χ1) is 7.22. The maximum Gasteiger partial charge on any atom is 0.0656 e. The third kappa shape index (κ3) is 20.2. The van der Waals surface area contributed by atoms with Crippen LogP contribution in [0.15, 0.2) is 0 Å². The number of nitrogens with zero attached hydrogens (tertiary/aromatic N) is 1. The highest BCUT2D eigenvalue weighted by Gasteiger charge is 1.94. The van der Waals surface area contributed by atoms with Crippen molar-refractivity contribution in [1.82, 2.24) is 10.5 Å². The topological polar surface area (TPSA) is 33.7 Å². The molecule has 0 aromatic carbocycles. The summed E-state index contributed by atoms with van der Waals surface area (Å²) in [6.45, 7) is 9.14. The van der Waals surface area contributed by atoms with Gasteiger partial charge in [-0.3, -0.25) is 4.84 Å². The second-order valence-corrected chi connectivity index (χ2v) is 4.10. The lowest BCUT2D eigenvalue weighted by Gasteiger charge is -2.14. The van der Waals surface area contributed by atoms with Crippen LogP contribution in [0.1, 0.15) is 27.2 Å². The summed E-state index contributed by atoms with van der Waals surface area (Å²) in [5, 5.41) is 1.78. The molecule has 0 aromatic rings. The Morgan fingerprint density at radius 1 is 1.20 bits per heavy atom. The highest BCUT2D eigenvalue weighted by Crippen LogP contribution is 1.81. The molecule has 0 aliphatic rings. The number of hydrogen-bond acceptors (Lipinski definition) is 4. The molecule has 0 aromatic heterocycles. The van der Waals surface area contributed by atoms with Gasteiger partial charge in [0.05, 0.1) is 13.2 Å². The lowest BCUT2D eigenvalue weighted by atomic mass is 10.6. The summed E-state index contributed by atoms with van der Waals surface area (Å²) in [5.41, 5.74) is 2.80. The van der Waals surface area contributed by atoms with Crippen LogP contribution >= 0.6 is 0 Å². The number of hydroxylamine groups is 3. The van der Waals surface area contributed by atoms with Crippen molar-refractivity contribution < 1.29 is 9.68 Å². The maximum absolute atomic E-state index is 5.16. The van der Waals surface area contributed by atoms with Gasteiger partial charge in [0, 0.05) is 30.4 Å². The van der Waals surface area contributed by atoms with E-state index in [1.165, 1.54) is 22.7 Å². The molecule has 0 radical (unpaired) electrons. The van der Waals surface area contributed by atoms with Crippen molar-refractivity contribution in [2.24, 2.45) is 0 Å². The van der Waals surface area contributed by atoms with Gasteiger partial charge in [0.15, 0.2) is 0 Å². The van der Waals surface area contributed by atoms with Crippen molar-refractivity contribution in [3.05, 3.63) is 0 Å². The van der Waals surface area contributed by atoms with Crippen LogP contribution in [0.3, 0.4) is 0 Å². The van der Waals surface area contributed by atoms with Crippen molar-refractivity contribution >= 4 is 10.2 Å². The van der Waals surface area contributed by atoms with Gasteiger partial charge in [-0.15, -0.1) is 0 Å². The molecule has 0 saturated heterocycles. The first-order valence-corrected chi connectivity index (χ1v) is 7.32. The highest BCUT2D eigenvalue weighted by atomic mass is 28.1. The van der Waals surface area contributed by atoms with Crippen molar-refractivity contribution in [2.45, 2.75) is 33.2 Å². The van der Waals surface area contributed by atoms with Crippen LogP contribution in [0, 0.1) is 0 Å². The molecule has 0 amide bonds. The number of rotatable bonds is 8. The van der Waals surface area contributed by atoms with E-state index in [0.717, 1.165) is 13.1 Å². The first-order valence-electron chi connectivity index (χ1n) is 5.91. The Balaban J connectivity index is 0. The normalized spacial score (nSPS) is 10.2. The molecular weight excluding hydrogens is 208 g/mol. The Morgan fingerprint density at radius 3 is 2.20 bits per heavy atom. The van der Waals surface area contributed by atoms with Crippen LogP contribution in [0.5, 0.6) is 0 Å². The summed E-state index contributed by atoms with van der Waals surface area (Å²) in [7, 11) is 3.29. The third-order valence-electron chi connectivity index (χ3n) is 1.62. The molecule has 1 N–H and O–H groups in total. The van der Waals surface area contributed by atoms with Crippen molar-refractivity contribution in [2.75, 3.05) is 33.4 Å². The van der Waals surface area contributed by atoms with Gasteiger partial charge in [-0.1, -0.05) is 19.4 Å². The van der Waals surface area contributed by atoms with Gasteiger partial charge in [0.1, 0.15) is 0 Å². The minimum atomic E-state index is 0.693. The Bertz CT molecular complexity index is 105. The van der Waals surface area contributed by atoms with E-state index in [1.54, 1.807) is 5.06 Å². The van der Waals surface area contributed by atoms with Gasteiger partial charge < -0.3 is 4.84 Å². The fraction of sp³-hybridized carbons (Fsp3) is 1.00. The van der Waals surface area contributed by atoms with Crippen molar-refractivity contribution in [1.29, 1.82) is 0 Å². The van der Waals surface area contributed by atoms with Crippen LogP contribution in [-0.4, -0.2) is 48.7 Å². The van der Waals surface area contributed by atoms with Crippen LogP contribution in [-0.2, 0) is 9.68 Å². The average molecular weight is 236 g/mol. The molecule has 0 saturated carbocycles. The van der Waals surface area contributed by atoms with Crippen LogP contribution < -0.4 is 5.48 Å². The second kappa shape index (κ2) is 16.5. The standard InChI is InChI=1S/C7H18N2O2.C3H10Si/c1-4-10-8-6-7-9(3)11-5-2;1-2-3-4/h8H,4-7H2,1-3H3;2-3H2,1,4H3. The summed E-state index contributed by atoms with van der Waals surface area (Å²) in [5.74, 6) is 0. The van der Waals surface area contributed by atoms with Crippen LogP contribution in [0.2, 0.25) is 6.04 Å². The smallest absolute Gasteiger partial charge is 0.0656 e. The zero-order valence-corrected chi connectivity index (χ0v) is 13.0. The van der Waals surface area contributed by atoms with Gasteiger partial charge in [0.25, 0.3) is 0 Å². The van der Waals surface area contributed by atoms with Gasteiger partial charge in [0.2, 0.25) is 0 Å². The first kappa shape index (κ1) is 17.5. The Kier molecular flexibility index (Phi) is 19.2. The molecule has 0 fully saturated rings. The number of hydrogen-bond donors (Lipinski definition) is 1. The molecular formula is C10H28N2O2Si. The highest BCUT2D eigenvalue weighted by molar-refractivity contribution is 6.08. The van der Waals surface area contributed by atoms with E-state index in [4.69, 9.17) is 9.68 Å². The number of nitrogens with one attached hydrogen (secondary N) is 1. The molecule has 0 heterocycles. The quantitative estimate of drug-likeness (QED) is 0.380. The van der Waals surface area contributed by atoms with Gasteiger partial charge in [-0.2, -0.15) is 5.06 Å². The molecule has 4 nitrogen and oxygen atoms in total. The molecule has 0 bridgehead atoms. The minimum Gasteiger partial charge on any atom is -0.302 e. The molecule has 0 aliphatic carbocycles. The van der Waals surface area contributed by atoms with Crippen molar-refractivity contribution in [3.63, 3.8) is 0 Å². The summed E-state index contributed by atoms with van der Waals surface area (Å²) in [4.78, 5) is 10.1. The summed E-state index contributed by atoms with van der Waals surface area (Å²) in [6, 6.07) is 1.46. The van der Waals surface area contributed by atoms with Gasteiger partial charge >= 0.3 is 0 Å². The van der Waals surface area contributed by atoms with Crippen LogP contribution in [0.4, 0.5) is 0 Å². The number of likely N-dealkylation sites (N-methyl/N-ethyl adjacent to an activating group) is 1. The predicted octanol–water partition coefficient (Wildman–Crippen LogP) is 0.591. The van der Waals surface area contributed by atoms with Crippen LogP contribution in [0.25, 0.3) is 0 Å². The summed E-state index contributed by atoms with van der Waals surface area (Å²) < 4.78 is 0. The van der Waals surface area contributed by atoms with E-state index in [1.807, 2.05) is 20.9 Å². The van der Waals surface area contributed by atoms with E-state index in [-0.39, 0.29) is 0 Å². The Hall–Kier alpha value is 0.0569. The largest absolute Gasteiger partial charge is 0.302 e. The van der Waals surface area contributed by atoms with E-state index in [9.17, 15) is 0 Å². The minimum absolute atomic E-state index is 0.693. The van der Waals surface area contributed by atoms with E-state index in [2.05, 4.69) is 12.4 Å². The maximum atomic E-state index is 5.16. The molecule has 5 heteroatoms. The SMILES string of the molecule is CCC[SiH3].CCONCCN(C)OCC. The summed E-state index contributed by atoms with van der Waals surface area (Å²) >= 11 is 0. The molecule has 0 atom stereocenters. The van der Waals surface area contributed by atoms with E-state index in [0.29, 0.717) is 13.2 Å².